The van der Waals surface area contributed by atoms with Crippen molar-refractivity contribution >= 4 is 5.82 Å². The molecule has 0 saturated carbocycles. The number of nitrogens with zero attached hydrogens (tertiary/aromatic N) is 2. The van der Waals surface area contributed by atoms with E-state index in [-0.39, 0.29) is 0 Å². The van der Waals surface area contributed by atoms with Crippen LogP contribution in [0.3, 0.4) is 0 Å². The standard InChI is InChI=1S/C10H19N3/c1-5-9-10(11)13(6-7(2)3)8(4)12-9/h7H,5-6,11H2,1-4H3. The zero-order chi connectivity index (χ0) is 10.0. The lowest BCUT2D eigenvalue weighted by Crippen LogP contribution is -2.09. The van der Waals surface area contributed by atoms with E-state index >= 15 is 0 Å². The van der Waals surface area contributed by atoms with Gasteiger partial charge in [-0.25, -0.2) is 4.98 Å². The molecule has 0 unspecified atom stereocenters. The fourth-order valence-corrected chi connectivity index (χ4v) is 1.50. The molecular weight excluding hydrogens is 162 g/mol. The van der Waals surface area contributed by atoms with Crippen molar-refractivity contribution < 1.29 is 0 Å². The van der Waals surface area contributed by atoms with E-state index in [1.165, 1.54) is 0 Å². The molecule has 13 heavy (non-hydrogen) atoms. The van der Waals surface area contributed by atoms with Gasteiger partial charge in [-0.05, 0) is 19.3 Å². The molecule has 0 atom stereocenters. The van der Waals surface area contributed by atoms with Crippen LogP contribution < -0.4 is 5.73 Å². The predicted octanol–water partition coefficient (Wildman–Crippen LogP) is 1.99. The molecule has 0 amide bonds. The highest BCUT2D eigenvalue weighted by Gasteiger charge is 2.10. The first kappa shape index (κ1) is 10.1. The Labute approximate surface area is 80.0 Å². The molecule has 0 aliphatic rings. The van der Waals surface area contributed by atoms with Crippen LogP contribution in [0.25, 0.3) is 0 Å². The van der Waals surface area contributed by atoms with Gasteiger partial charge in [0.1, 0.15) is 11.6 Å². The first-order valence-corrected chi connectivity index (χ1v) is 4.87. The second-order valence-electron chi connectivity index (χ2n) is 3.85. The molecule has 74 valence electrons. The maximum atomic E-state index is 5.96. The van der Waals surface area contributed by atoms with Gasteiger partial charge in [0.05, 0.1) is 5.69 Å². The van der Waals surface area contributed by atoms with E-state index in [4.69, 9.17) is 5.73 Å². The van der Waals surface area contributed by atoms with Crippen LogP contribution in [0.15, 0.2) is 0 Å². The van der Waals surface area contributed by atoms with Crippen molar-refractivity contribution in [1.29, 1.82) is 0 Å². The van der Waals surface area contributed by atoms with Gasteiger partial charge in [-0.1, -0.05) is 20.8 Å². The van der Waals surface area contributed by atoms with Crippen molar-refractivity contribution in [1.82, 2.24) is 9.55 Å². The highest BCUT2D eigenvalue weighted by molar-refractivity contribution is 5.38. The molecule has 1 rings (SSSR count). The van der Waals surface area contributed by atoms with E-state index in [1.54, 1.807) is 0 Å². The van der Waals surface area contributed by atoms with Crippen LogP contribution >= 0.6 is 0 Å². The lowest BCUT2D eigenvalue weighted by atomic mass is 10.2. The maximum Gasteiger partial charge on any atom is 0.126 e. The van der Waals surface area contributed by atoms with Gasteiger partial charge in [0.25, 0.3) is 0 Å². The summed E-state index contributed by atoms with van der Waals surface area (Å²) in [6.45, 7) is 9.43. The van der Waals surface area contributed by atoms with Gasteiger partial charge in [0.2, 0.25) is 0 Å². The fourth-order valence-electron chi connectivity index (χ4n) is 1.50. The van der Waals surface area contributed by atoms with Crippen molar-refractivity contribution in [2.75, 3.05) is 5.73 Å². The van der Waals surface area contributed by atoms with Crippen molar-refractivity contribution in [2.45, 2.75) is 40.7 Å². The number of anilines is 1. The Balaban J connectivity index is 2.98. The van der Waals surface area contributed by atoms with E-state index in [9.17, 15) is 0 Å². The summed E-state index contributed by atoms with van der Waals surface area (Å²) in [4.78, 5) is 4.42. The summed E-state index contributed by atoms with van der Waals surface area (Å²) < 4.78 is 2.10. The minimum atomic E-state index is 0.611. The Bertz CT molecular complexity index is 287. The first-order valence-electron chi connectivity index (χ1n) is 4.87. The Morgan fingerprint density at radius 1 is 1.46 bits per heavy atom. The summed E-state index contributed by atoms with van der Waals surface area (Å²) >= 11 is 0. The summed E-state index contributed by atoms with van der Waals surface area (Å²) in [5.74, 6) is 2.48. The monoisotopic (exact) mass is 181 g/mol. The maximum absolute atomic E-state index is 5.96. The van der Waals surface area contributed by atoms with Gasteiger partial charge in [-0.15, -0.1) is 0 Å². The number of rotatable bonds is 3. The van der Waals surface area contributed by atoms with E-state index < -0.39 is 0 Å². The van der Waals surface area contributed by atoms with E-state index in [0.717, 1.165) is 30.3 Å². The van der Waals surface area contributed by atoms with E-state index in [1.807, 2.05) is 6.92 Å². The molecule has 3 nitrogen and oxygen atoms in total. The fraction of sp³-hybridized carbons (Fsp3) is 0.700. The van der Waals surface area contributed by atoms with Crippen LogP contribution in [0.4, 0.5) is 5.82 Å². The van der Waals surface area contributed by atoms with Crippen LogP contribution in [-0.2, 0) is 13.0 Å². The van der Waals surface area contributed by atoms with Crippen LogP contribution in [0.2, 0.25) is 0 Å². The molecule has 2 N–H and O–H groups in total. The lowest BCUT2D eigenvalue weighted by Gasteiger charge is -2.09. The molecule has 0 fully saturated rings. The second-order valence-corrected chi connectivity index (χ2v) is 3.85. The first-order chi connectivity index (χ1) is 6.06. The quantitative estimate of drug-likeness (QED) is 0.775. The van der Waals surface area contributed by atoms with Gasteiger partial charge in [0.15, 0.2) is 0 Å². The Morgan fingerprint density at radius 2 is 2.08 bits per heavy atom. The van der Waals surface area contributed by atoms with Gasteiger partial charge in [0, 0.05) is 6.54 Å². The van der Waals surface area contributed by atoms with Crippen molar-refractivity contribution in [3.63, 3.8) is 0 Å². The molecule has 0 aliphatic carbocycles. The summed E-state index contributed by atoms with van der Waals surface area (Å²) in [5.41, 5.74) is 6.99. The number of nitrogen functional groups attached to an aromatic ring is 1. The third-order valence-corrected chi connectivity index (χ3v) is 2.16. The average molecular weight is 181 g/mol. The normalized spacial score (nSPS) is 11.2. The number of nitrogens with two attached hydrogens (primary N) is 1. The largest absolute Gasteiger partial charge is 0.384 e. The number of hydrogen-bond donors (Lipinski definition) is 1. The molecule has 1 aromatic rings. The predicted molar refractivity (Wildman–Crippen MR) is 55.6 cm³/mol. The van der Waals surface area contributed by atoms with E-state index in [0.29, 0.717) is 5.92 Å². The minimum Gasteiger partial charge on any atom is -0.384 e. The third-order valence-electron chi connectivity index (χ3n) is 2.16. The Kier molecular flexibility index (Phi) is 2.96. The van der Waals surface area contributed by atoms with Crippen molar-refractivity contribution in [3.8, 4) is 0 Å². The van der Waals surface area contributed by atoms with Crippen LogP contribution in [0.5, 0.6) is 0 Å². The Hall–Kier alpha value is -0.990. The van der Waals surface area contributed by atoms with Crippen molar-refractivity contribution in [2.24, 2.45) is 5.92 Å². The van der Waals surface area contributed by atoms with E-state index in [2.05, 4.69) is 30.3 Å². The molecule has 1 heterocycles. The SMILES string of the molecule is CCc1nc(C)n(CC(C)C)c1N. The molecule has 1 aromatic heterocycles. The molecule has 3 heteroatoms. The molecule has 0 aromatic carbocycles. The highest BCUT2D eigenvalue weighted by Crippen LogP contribution is 2.16. The summed E-state index contributed by atoms with van der Waals surface area (Å²) in [6, 6.07) is 0. The highest BCUT2D eigenvalue weighted by atomic mass is 15.1. The number of aryl methyl sites for hydroxylation is 2. The molecule has 0 bridgehead atoms. The van der Waals surface area contributed by atoms with Crippen molar-refractivity contribution in [3.05, 3.63) is 11.5 Å². The summed E-state index contributed by atoms with van der Waals surface area (Å²) in [6.07, 6.45) is 0.914. The number of hydrogen-bond acceptors (Lipinski definition) is 2. The van der Waals surface area contributed by atoms with Gasteiger partial charge in [-0.3, -0.25) is 0 Å². The Morgan fingerprint density at radius 3 is 2.46 bits per heavy atom. The topological polar surface area (TPSA) is 43.8 Å². The molecule has 0 saturated heterocycles. The lowest BCUT2D eigenvalue weighted by molar-refractivity contribution is 0.518. The van der Waals surface area contributed by atoms with Gasteiger partial charge < -0.3 is 10.3 Å². The van der Waals surface area contributed by atoms with Crippen LogP contribution in [0.1, 0.15) is 32.3 Å². The third kappa shape index (κ3) is 2.02. The zero-order valence-corrected chi connectivity index (χ0v) is 8.96. The minimum absolute atomic E-state index is 0.611. The van der Waals surface area contributed by atoms with Crippen LogP contribution in [0, 0.1) is 12.8 Å². The number of imidazole rings is 1. The second kappa shape index (κ2) is 3.81. The zero-order valence-electron chi connectivity index (χ0n) is 8.96. The van der Waals surface area contributed by atoms with Crippen LogP contribution in [-0.4, -0.2) is 9.55 Å². The molecule has 0 aliphatic heterocycles. The van der Waals surface area contributed by atoms with Gasteiger partial charge >= 0.3 is 0 Å². The van der Waals surface area contributed by atoms with Gasteiger partial charge in [-0.2, -0.15) is 0 Å². The molecule has 0 spiro atoms. The molecule has 0 radical (unpaired) electrons. The smallest absolute Gasteiger partial charge is 0.126 e. The molecular formula is C10H19N3. The average Bonchev–Trinajstić information content (AvgIpc) is 2.31. The summed E-state index contributed by atoms with van der Waals surface area (Å²) in [7, 11) is 0. The number of aromatic nitrogens is 2. The summed E-state index contributed by atoms with van der Waals surface area (Å²) in [5, 5.41) is 0.